The van der Waals surface area contributed by atoms with Crippen molar-refractivity contribution in [1.82, 2.24) is 0 Å². The van der Waals surface area contributed by atoms with Gasteiger partial charge in [0.25, 0.3) is 0 Å². The number of rotatable bonds is 5. The summed E-state index contributed by atoms with van der Waals surface area (Å²) in [6.45, 7) is 14.0. The van der Waals surface area contributed by atoms with Crippen LogP contribution in [-0.4, -0.2) is 20.5 Å². The fourth-order valence-electron chi connectivity index (χ4n) is 3.40. The Labute approximate surface area is 102 Å². The van der Waals surface area contributed by atoms with Crippen molar-refractivity contribution in [2.45, 2.75) is 83.2 Å². The smallest absolute Gasteiger partial charge is 0.200 e. The Morgan fingerprint density at radius 3 is 1.56 bits per heavy atom. The predicted molar refractivity (Wildman–Crippen MR) is 73.1 cm³/mol. The Kier molecular flexibility index (Phi) is 4.61. The summed E-state index contributed by atoms with van der Waals surface area (Å²) in [5, 5.41) is 0. The third-order valence-corrected chi connectivity index (χ3v) is 10.4. The Bertz CT molecular complexity index is 200. The monoisotopic (exact) mass is 243 g/mol. The van der Waals surface area contributed by atoms with E-state index in [0.29, 0.717) is 28.8 Å². The van der Waals surface area contributed by atoms with E-state index in [0.717, 1.165) is 12.8 Å². The quantitative estimate of drug-likeness (QED) is 0.748. The van der Waals surface area contributed by atoms with E-state index in [4.69, 9.17) is 10.2 Å². The van der Waals surface area contributed by atoms with Crippen LogP contribution in [0.1, 0.15) is 54.4 Å². The van der Waals surface area contributed by atoms with Crippen molar-refractivity contribution in [2.75, 3.05) is 0 Å². The van der Waals surface area contributed by atoms with Gasteiger partial charge in [0.05, 0.1) is 0 Å². The minimum absolute atomic E-state index is 0.392. The lowest BCUT2D eigenvalue weighted by atomic mass is 9.91. The molecule has 0 aromatic carbocycles. The summed E-state index contributed by atoms with van der Waals surface area (Å²) in [6.07, 6.45) is 2.59. The van der Waals surface area contributed by atoms with Crippen molar-refractivity contribution in [2.24, 2.45) is 5.73 Å². The van der Waals surface area contributed by atoms with Crippen LogP contribution in [0, 0.1) is 0 Å². The number of nitrogens with two attached hydrogens (primary N) is 1. The Balaban J connectivity index is 2.76. The van der Waals surface area contributed by atoms with Crippen molar-refractivity contribution >= 4 is 8.32 Å². The molecule has 0 radical (unpaired) electrons. The predicted octanol–water partition coefficient (Wildman–Crippen LogP) is 3.67. The largest absolute Gasteiger partial charge is 0.413 e. The SMILES string of the molecule is CC(C)[Si](OC1CC(N)C1)(C(C)C)C(C)C. The molecule has 0 aromatic heterocycles. The van der Waals surface area contributed by atoms with Gasteiger partial charge in [0.1, 0.15) is 0 Å². The van der Waals surface area contributed by atoms with Gasteiger partial charge in [-0.25, -0.2) is 0 Å². The van der Waals surface area contributed by atoms with Crippen LogP contribution >= 0.6 is 0 Å². The molecule has 96 valence electrons. The molecule has 0 atom stereocenters. The highest BCUT2D eigenvalue weighted by Crippen LogP contribution is 2.44. The van der Waals surface area contributed by atoms with Gasteiger partial charge < -0.3 is 10.2 Å². The van der Waals surface area contributed by atoms with Gasteiger partial charge in [-0.1, -0.05) is 41.5 Å². The van der Waals surface area contributed by atoms with E-state index in [-0.39, 0.29) is 0 Å². The van der Waals surface area contributed by atoms with E-state index in [2.05, 4.69) is 41.5 Å². The van der Waals surface area contributed by atoms with Gasteiger partial charge in [0.15, 0.2) is 0 Å². The second-order valence-electron chi connectivity index (χ2n) is 6.29. The van der Waals surface area contributed by atoms with Gasteiger partial charge in [-0.2, -0.15) is 0 Å². The molecule has 0 amide bonds. The fourth-order valence-corrected chi connectivity index (χ4v) is 8.99. The van der Waals surface area contributed by atoms with Crippen LogP contribution in [0.15, 0.2) is 0 Å². The van der Waals surface area contributed by atoms with Crippen molar-refractivity contribution in [3.8, 4) is 0 Å². The zero-order valence-corrected chi connectivity index (χ0v) is 12.8. The second kappa shape index (κ2) is 5.19. The highest BCUT2D eigenvalue weighted by molar-refractivity contribution is 6.77. The topological polar surface area (TPSA) is 35.2 Å². The summed E-state index contributed by atoms with van der Waals surface area (Å²) in [5.74, 6) is 0. The van der Waals surface area contributed by atoms with Gasteiger partial charge in [-0.15, -0.1) is 0 Å². The fraction of sp³-hybridized carbons (Fsp3) is 1.00. The maximum Gasteiger partial charge on any atom is 0.200 e. The zero-order chi connectivity index (χ0) is 12.5. The third-order valence-electron chi connectivity index (χ3n) is 4.21. The number of hydrogen-bond donors (Lipinski definition) is 1. The Morgan fingerprint density at radius 1 is 0.938 bits per heavy atom. The summed E-state index contributed by atoms with van der Waals surface area (Å²) in [7, 11) is -1.65. The zero-order valence-electron chi connectivity index (χ0n) is 11.8. The molecule has 0 aromatic rings. The molecule has 1 aliphatic carbocycles. The summed E-state index contributed by atoms with van der Waals surface area (Å²) < 4.78 is 6.59. The van der Waals surface area contributed by atoms with Crippen LogP contribution in [0.5, 0.6) is 0 Å². The van der Waals surface area contributed by atoms with E-state index >= 15 is 0 Å². The van der Waals surface area contributed by atoms with Crippen LogP contribution in [0.25, 0.3) is 0 Å². The van der Waals surface area contributed by atoms with Crippen molar-refractivity contribution in [3.63, 3.8) is 0 Å². The van der Waals surface area contributed by atoms with E-state index in [1.165, 1.54) is 0 Å². The van der Waals surface area contributed by atoms with E-state index in [1.807, 2.05) is 0 Å². The first-order chi connectivity index (χ1) is 7.30. The molecule has 1 rings (SSSR count). The molecule has 16 heavy (non-hydrogen) atoms. The molecule has 0 saturated heterocycles. The second-order valence-corrected chi connectivity index (χ2v) is 11.7. The van der Waals surface area contributed by atoms with Gasteiger partial charge in [-0.05, 0) is 29.5 Å². The van der Waals surface area contributed by atoms with Gasteiger partial charge in [0, 0.05) is 12.1 Å². The summed E-state index contributed by atoms with van der Waals surface area (Å²) in [4.78, 5) is 0. The molecule has 2 nitrogen and oxygen atoms in total. The van der Waals surface area contributed by atoms with Crippen LogP contribution in [0.3, 0.4) is 0 Å². The molecule has 0 heterocycles. The average Bonchev–Trinajstić information content (AvgIpc) is 2.08. The maximum atomic E-state index is 6.59. The van der Waals surface area contributed by atoms with E-state index < -0.39 is 8.32 Å². The van der Waals surface area contributed by atoms with Gasteiger partial charge >= 0.3 is 0 Å². The standard InChI is InChI=1S/C13H29NOSi/c1-9(2)16(10(3)4,11(5)6)15-13-7-12(14)8-13/h9-13H,7-8,14H2,1-6H3. The van der Waals surface area contributed by atoms with Gasteiger partial charge in [0.2, 0.25) is 8.32 Å². The lowest BCUT2D eigenvalue weighted by Crippen LogP contribution is -2.54. The first kappa shape index (κ1) is 14.2. The summed E-state index contributed by atoms with van der Waals surface area (Å²) in [5.41, 5.74) is 7.91. The molecule has 0 unspecified atom stereocenters. The molecule has 0 aliphatic heterocycles. The van der Waals surface area contributed by atoms with Crippen LogP contribution in [-0.2, 0) is 4.43 Å². The first-order valence-electron chi connectivity index (χ1n) is 6.74. The molecule has 2 N–H and O–H groups in total. The molecule has 1 saturated carbocycles. The molecular formula is C13H29NOSi. The van der Waals surface area contributed by atoms with Crippen molar-refractivity contribution < 1.29 is 4.43 Å². The summed E-state index contributed by atoms with van der Waals surface area (Å²) >= 11 is 0. The Morgan fingerprint density at radius 2 is 1.31 bits per heavy atom. The first-order valence-corrected chi connectivity index (χ1v) is 8.88. The number of hydrogen-bond acceptors (Lipinski definition) is 2. The normalized spacial score (nSPS) is 26.6. The van der Waals surface area contributed by atoms with Gasteiger partial charge in [-0.3, -0.25) is 0 Å². The van der Waals surface area contributed by atoms with E-state index in [9.17, 15) is 0 Å². The summed E-state index contributed by atoms with van der Waals surface area (Å²) in [6, 6.07) is 0.392. The average molecular weight is 243 g/mol. The van der Waals surface area contributed by atoms with Crippen molar-refractivity contribution in [1.29, 1.82) is 0 Å². The molecular weight excluding hydrogens is 214 g/mol. The van der Waals surface area contributed by atoms with E-state index in [1.54, 1.807) is 0 Å². The minimum atomic E-state index is -1.65. The van der Waals surface area contributed by atoms with Crippen molar-refractivity contribution in [3.05, 3.63) is 0 Å². The van der Waals surface area contributed by atoms with Crippen LogP contribution < -0.4 is 5.73 Å². The molecule has 1 aliphatic rings. The maximum absolute atomic E-state index is 6.59. The lowest BCUT2D eigenvalue weighted by molar-refractivity contribution is 0.0818. The molecule has 1 fully saturated rings. The lowest BCUT2D eigenvalue weighted by Gasteiger charge is -2.48. The van der Waals surface area contributed by atoms with Crippen LogP contribution in [0.4, 0.5) is 0 Å². The highest BCUT2D eigenvalue weighted by Gasteiger charge is 2.48. The highest BCUT2D eigenvalue weighted by atomic mass is 28.4. The molecule has 0 spiro atoms. The van der Waals surface area contributed by atoms with Crippen LogP contribution in [0.2, 0.25) is 16.6 Å². The Hall–Kier alpha value is 0.137. The molecule has 0 bridgehead atoms. The minimum Gasteiger partial charge on any atom is -0.413 e. The molecule has 3 heteroatoms. The third kappa shape index (κ3) is 2.52.